The highest BCUT2D eigenvalue weighted by molar-refractivity contribution is 7.17. The number of thiazole rings is 1. The van der Waals surface area contributed by atoms with Crippen molar-refractivity contribution >= 4 is 35.1 Å². The molecule has 3 rings (SSSR count). The van der Waals surface area contributed by atoms with E-state index in [2.05, 4.69) is 10.5 Å². The number of carbonyl (C=O) groups is 1. The van der Waals surface area contributed by atoms with Gasteiger partial charge in [0, 0.05) is 16.0 Å². The molecule has 2 N–H and O–H groups in total. The smallest absolute Gasteiger partial charge is 0.283 e. The molecule has 2 aromatic carbocycles. The molecule has 0 aliphatic carbocycles. The maximum Gasteiger partial charge on any atom is 0.283 e. The van der Waals surface area contributed by atoms with Gasteiger partial charge < -0.3 is 9.84 Å². The van der Waals surface area contributed by atoms with Gasteiger partial charge >= 0.3 is 0 Å². The number of methoxy groups -OCH3 is 1. The van der Waals surface area contributed by atoms with E-state index in [-0.39, 0.29) is 17.1 Å². The fourth-order valence-corrected chi connectivity index (χ4v) is 4.00. The van der Waals surface area contributed by atoms with Gasteiger partial charge in [0.05, 0.1) is 19.0 Å². The zero-order valence-corrected chi connectivity index (χ0v) is 18.6. The van der Waals surface area contributed by atoms with E-state index in [1.54, 1.807) is 24.3 Å². The lowest BCUT2D eigenvalue weighted by Gasteiger charge is -2.16. The monoisotopic (exact) mass is 443 g/mol. The molecule has 0 saturated carbocycles. The molecule has 3 aromatic rings. The molecule has 0 unspecified atom stereocenters. The largest absolute Gasteiger partial charge is 0.504 e. The van der Waals surface area contributed by atoms with Gasteiger partial charge in [-0.05, 0) is 35.9 Å². The Labute approximate surface area is 184 Å². The molecule has 1 heterocycles. The molecule has 0 atom stereocenters. The molecule has 6 nitrogen and oxygen atoms in total. The Balaban J connectivity index is 1.84. The molecule has 0 fully saturated rings. The van der Waals surface area contributed by atoms with Crippen LogP contribution in [-0.4, -0.2) is 29.3 Å². The standard InChI is InChI=1S/C22H22ClN3O3S/c1-22(2,3)19-18(30-21(25-19)14-6-8-15(23)9-7-14)20(28)26-24-12-13-5-10-17(29-4)16(27)11-13/h5-12,27H,1-4H3,(H,26,28)/b24-12+. The molecule has 30 heavy (non-hydrogen) atoms. The van der Waals surface area contributed by atoms with E-state index < -0.39 is 0 Å². The highest BCUT2D eigenvalue weighted by Crippen LogP contribution is 2.35. The van der Waals surface area contributed by atoms with Crippen molar-refractivity contribution in [3.8, 4) is 22.1 Å². The summed E-state index contributed by atoms with van der Waals surface area (Å²) in [6.45, 7) is 6.02. The summed E-state index contributed by atoms with van der Waals surface area (Å²) in [6, 6.07) is 12.2. The number of rotatable bonds is 5. The van der Waals surface area contributed by atoms with Crippen LogP contribution in [-0.2, 0) is 5.41 Å². The zero-order valence-electron chi connectivity index (χ0n) is 17.1. The van der Waals surface area contributed by atoms with Gasteiger partial charge in [-0.1, -0.05) is 44.5 Å². The second kappa shape index (κ2) is 8.85. The third kappa shape index (κ3) is 4.98. The quantitative estimate of drug-likeness (QED) is 0.417. The Hall–Kier alpha value is -2.90. The van der Waals surface area contributed by atoms with Crippen molar-refractivity contribution in [3.05, 3.63) is 63.6 Å². The highest BCUT2D eigenvalue weighted by atomic mass is 35.5. The van der Waals surface area contributed by atoms with Gasteiger partial charge in [0.2, 0.25) is 0 Å². The van der Waals surface area contributed by atoms with Crippen molar-refractivity contribution in [3.63, 3.8) is 0 Å². The number of hydrogen-bond acceptors (Lipinski definition) is 6. The van der Waals surface area contributed by atoms with Gasteiger partial charge in [0.1, 0.15) is 9.88 Å². The van der Waals surface area contributed by atoms with E-state index in [4.69, 9.17) is 21.3 Å². The Bertz CT molecular complexity index is 1090. The van der Waals surface area contributed by atoms with Crippen LogP contribution in [0.1, 0.15) is 41.7 Å². The summed E-state index contributed by atoms with van der Waals surface area (Å²) in [5.74, 6) is 0.0230. The number of halogens is 1. The van der Waals surface area contributed by atoms with E-state index >= 15 is 0 Å². The molecule has 1 aromatic heterocycles. The molecular formula is C22H22ClN3O3S. The number of phenolic OH excluding ortho intramolecular Hbond substituents is 1. The lowest BCUT2D eigenvalue weighted by Crippen LogP contribution is -2.22. The van der Waals surface area contributed by atoms with E-state index in [0.29, 0.717) is 26.9 Å². The summed E-state index contributed by atoms with van der Waals surface area (Å²) in [6.07, 6.45) is 1.45. The predicted molar refractivity (Wildman–Crippen MR) is 121 cm³/mol. The predicted octanol–water partition coefficient (Wildman–Crippen LogP) is 5.24. The van der Waals surface area contributed by atoms with E-state index in [1.165, 1.54) is 30.7 Å². The number of aromatic nitrogens is 1. The second-order valence-corrected chi connectivity index (χ2v) is 9.02. The van der Waals surface area contributed by atoms with Crippen LogP contribution in [0, 0.1) is 0 Å². The molecule has 0 aliphatic heterocycles. The van der Waals surface area contributed by atoms with Crippen LogP contribution in [0.2, 0.25) is 5.02 Å². The SMILES string of the molecule is COc1ccc(/C=N/NC(=O)c2sc(-c3ccc(Cl)cc3)nc2C(C)(C)C)cc1O. The molecule has 0 saturated heterocycles. The minimum absolute atomic E-state index is 0.00198. The first-order chi connectivity index (χ1) is 14.2. The topological polar surface area (TPSA) is 83.8 Å². The third-order valence-electron chi connectivity index (χ3n) is 4.22. The number of carbonyl (C=O) groups excluding carboxylic acids is 1. The number of benzene rings is 2. The lowest BCUT2D eigenvalue weighted by molar-refractivity contribution is 0.0957. The number of amides is 1. The first-order valence-corrected chi connectivity index (χ1v) is 10.4. The van der Waals surface area contributed by atoms with Gasteiger partial charge in [-0.2, -0.15) is 5.10 Å². The van der Waals surface area contributed by atoms with Crippen molar-refractivity contribution < 1.29 is 14.6 Å². The normalized spacial score (nSPS) is 11.6. The van der Waals surface area contributed by atoms with Crippen LogP contribution < -0.4 is 10.2 Å². The maximum absolute atomic E-state index is 12.8. The van der Waals surface area contributed by atoms with Crippen LogP contribution in [0.3, 0.4) is 0 Å². The summed E-state index contributed by atoms with van der Waals surface area (Å²) in [4.78, 5) is 18.0. The van der Waals surface area contributed by atoms with Crippen molar-refractivity contribution in [2.75, 3.05) is 7.11 Å². The fourth-order valence-electron chi connectivity index (χ4n) is 2.70. The van der Waals surface area contributed by atoms with E-state index in [0.717, 1.165) is 10.6 Å². The van der Waals surface area contributed by atoms with E-state index in [9.17, 15) is 9.90 Å². The summed E-state index contributed by atoms with van der Waals surface area (Å²) in [7, 11) is 1.48. The molecule has 156 valence electrons. The fraction of sp³-hybridized carbons (Fsp3) is 0.227. The number of ether oxygens (including phenoxy) is 1. The number of phenols is 1. The average molecular weight is 444 g/mol. The van der Waals surface area contributed by atoms with Crippen LogP contribution in [0.4, 0.5) is 0 Å². The Morgan fingerprint density at radius 3 is 2.53 bits per heavy atom. The van der Waals surface area contributed by atoms with Gasteiger partial charge in [-0.15, -0.1) is 11.3 Å². The second-order valence-electron chi connectivity index (χ2n) is 7.58. The van der Waals surface area contributed by atoms with Gasteiger partial charge in [0.15, 0.2) is 11.5 Å². The molecule has 0 spiro atoms. The van der Waals surface area contributed by atoms with Crippen molar-refractivity contribution in [2.24, 2.45) is 5.10 Å². The molecule has 0 aliphatic rings. The van der Waals surface area contributed by atoms with E-state index in [1.807, 2.05) is 32.9 Å². The molecule has 8 heteroatoms. The summed E-state index contributed by atoms with van der Waals surface area (Å²) in [5, 5.41) is 15.2. The zero-order chi connectivity index (χ0) is 21.9. The Morgan fingerprint density at radius 1 is 1.23 bits per heavy atom. The van der Waals surface area contributed by atoms with Crippen LogP contribution in [0.25, 0.3) is 10.6 Å². The lowest BCUT2D eigenvalue weighted by atomic mass is 9.91. The molecular weight excluding hydrogens is 422 g/mol. The first-order valence-electron chi connectivity index (χ1n) is 9.16. The van der Waals surface area contributed by atoms with Gasteiger partial charge in [0.25, 0.3) is 5.91 Å². The molecule has 0 radical (unpaired) electrons. The Kier molecular flexibility index (Phi) is 6.43. The minimum Gasteiger partial charge on any atom is -0.504 e. The van der Waals surface area contributed by atoms with Crippen LogP contribution >= 0.6 is 22.9 Å². The van der Waals surface area contributed by atoms with Crippen LogP contribution in [0.15, 0.2) is 47.6 Å². The maximum atomic E-state index is 12.8. The minimum atomic E-state index is -0.341. The summed E-state index contributed by atoms with van der Waals surface area (Å²) >= 11 is 7.28. The van der Waals surface area contributed by atoms with Gasteiger partial charge in [-0.25, -0.2) is 10.4 Å². The number of hydrazone groups is 1. The molecule has 0 bridgehead atoms. The van der Waals surface area contributed by atoms with Gasteiger partial charge in [-0.3, -0.25) is 4.79 Å². The first kappa shape index (κ1) is 21.8. The van der Waals surface area contributed by atoms with Crippen molar-refractivity contribution in [1.82, 2.24) is 10.4 Å². The summed E-state index contributed by atoms with van der Waals surface area (Å²) < 4.78 is 5.01. The highest BCUT2D eigenvalue weighted by Gasteiger charge is 2.27. The third-order valence-corrected chi connectivity index (χ3v) is 5.57. The van der Waals surface area contributed by atoms with Crippen molar-refractivity contribution in [2.45, 2.75) is 26.2 Å². The van der Waals surface area contributed by atoms with Crippen molar-refractivity contribution in [1.29, 1.82) is 0 Å². The van der Waals surface area contributed by atoms with Crippen LogP contribution in [0.5, 0.6) is 11.5 Å². The number of hydrogen-bond donors (Lipinski definition) is 2. The molecule has 1 amide bonds. The number of nitrogens with one attached hydrogen (secondary N) is 1. The number of nitrogens with zero attached hydrogens (tertiary/aromatic N) is 2. The Morgan fingerprint density at radius 2 is 1.93 bits per heavy atom. The average Bonchev–Trinajstić information content (AvgIpc) is 3.15. The number of aromatic hydroxyl groups is 1. The summed E-state index contributed by atoms with van der Waals surface area (Å²) in [5.41, 5.74) is 4.45.